The summed E-state index contributed by atoms with van der Waals surface area (Å²) in [6.45, 7) is 4.28. The molecule has 0 aliphatic heterocycles. The first-order valence-electron chi connectivity index (χ1n) is 10.6. The first-order valence-corrected chi connectivity index (χ1v) is 11.4. The van der Waals surface area contributed by atoms with Crippen LogP contribution in [0.5, 0.6) is 0 Å². The van der Waals surface area contributed by atoms with E-state index in [1.165, 1.54) is 23.3 Å². The van der Waals surface area contributed by atoms with Gasteiger partial charge in [-0.15, -0.1) is 11.3 Å². The molecule has 1 saturated carbocycles. The Morgan fingerprint density at radius 2 is 2.00 bits per heavy atom. The number of anilines is 1. The van der Waals surface area contributed by atoms with Crippen LogP contribution in [0.3, 0.4) is 0 Å². The summed E-state index contributed by atoms with van der Waals surface area (Å²) in [6, 6.07) is 1.92. The summed E-state index contributed by atoms with van der Waals surface area (Å²) < 4.78 is 0. The van der Waals surface area contributed by atoms with Crippen molar-refractivity contribution >= 4 is 40.2 Å². The normalized spacial score (nSPS) is 19.4. The van der Waals surface area contributed by atoms with Gasteiger partial charge in [0.25, 0.3) is 0 Å². The first-order chi connectivity index (χ1) is 14.0. The number of hydrogen-bond donors (Lipinski definition) is 1. The van der Waals surface area contributed by atoms with Crippen molar-refractivity contribution in [2.75, 3.05) is 11.5 Å². The van der Waals surface area contributed by atoms with Gasteiger partial charge in [-0.25, -0.2) is 4.79 Å². The fraction of sp³-hybridized carbons (Fsp3) is 0.591. The summed E-state index contributed by atoms with van der Waals surface area (Å²) >= 11 is 1.30. The lowest BCUT2D eigenvalue weighted by atomic mass is 9.91. The van der Waals surface area contributed by atoms with Gasteiger partial charge >= 0.3 is 5.97 Å². The fourth-order valence-corrected chi connectivity index (χ4v) is 5.14. The van der Waals surface area contributed by atoms with Crippen LogP contribution >= 0.6 is 11.3 Å². The topological polar surface area (TPSA) is 79.2 Å². The number of carboxylic acid groups (broad SMARTS) is 1. The van der Waals surface area contributed by atoms with Gasteiger partial charge in [0, 0.05) is 17.3 Å². The molecule has 29 heavy (non-hydrogen) atoms. The maximum atomic E-state index is 12.9. The van der Waals surface area contributed by atoms with E-state index in [1.54, 1.807) is 4.90 Å². The Kier molecular flexibility index (Phi) is 7.47. The number of rotatable bonds is 7. The monoisotopic (exact) mass is 418 g/mol. The van der Waals surface area contributed by atoms with Crippen LogP contribution in [-0.4, -0.2) is 35.3 Å². The minimum Gasteiger partial charge on any atom is -0.477 e. The largest absolute Gasteiger partial charge is 0.477 e. The van der Waals surface area contributed by atoms with Crippen LogP contribution in [0, 0.1) is 0 Å². The van der Waals surface area contributed by atoms with Crippen molar-refractivity contribution in [2.24, 2.45) is 5.16 Å². The van der Waals surface area contributed by atoms with E-state index in [0.717, 1.165) is 55.5 Å². The number of carbonyl (C=O) groups is 2. The van der Waals surface area contributed by atoms with Crippen LogP contribution in [0.25, 0.3) is 5.57 Å². The van der Waals surface area contributed by atoms with Gasteiger partial charge in [-0.3, -0.25) is 4.79 Å². The van der Waals surface area contributed by atoms with Gasteiger partial charge in [0.05, 0.1) is 11.4 Å². The Morgan fingerprint density at radius 1 is 1.24 bits per heavy atom. The smallest absolute Gasteiger partial charge is 0.348 e. The molecule has 1 heterocycles. The van der Waals surface area contributed by atoms with E-state index >= 15 is 0 Å². The van der Waals surface area contributed by atoms with E-state index in [4.69, 9.17) is 4.84 Å². The second-order valence-electron chi connectivity index (χ2n) is 7.53. The van der Waals surface area contributed by atoms with Crippen molar-refractivity contribution in [1.29, 1.82) is 0 Å². The van der Waals surface area contributed by atoms with Crippen molar-refractivity contribution in [1.82, 2.24) is 0 Å². The van der Waals surface area contributed by atoms with Gasteiger partial charge in [0.1, 0.15) is 11.5 Å². The lowest BCUT2D eigenvalue weighted by Gasteiger charge is -2.34. The van der Waals surface area contributed by atoms with Gasteiger partial charge in [-0.05, 0) is 69.9 Å². The predicted octanol–water partition coefficient (Wildman–Crippen LogP) is 5.48. The highest BCUT2D eigenvalue weighted by Gasteiger charge is 2.32. The number of aromatic carboxylic acids is 1. The number of carboxylic acids is 1. The lowest BCUT2D eigenvalue weighted by molar-refractivity contribution is -0.118. The Morgan fingerprint density at radius 3 is 2.59 bits per heavy atom. The molecule has 3 rings (SSSR count). The molecule has 0 atom stereocenters. The maximum absolute atomic E-state index is 12.9. The summed E-state index contributed by atoms with van der Waals surface area (Å²) in [5.41, 5.74) is 2.79. The predicted molar refractivity (Wildman–Crippen MR) is 117 cm³/mol. The van der Waals surface area contributed by atoms with Gasteiger partial charge < -0.3 is 14.8 Å². The molecule has 6 nitrogen and oxygen atoms in total. The highest BCUT2D eigenvalue weighted by molar-refractivity contribution is 7.15. The van der Waals surface area contributed by atoms with Crippen LogP contribution in [0.2, 0.25) is 0 Å². The molecule has 2 aliphatic rings. The summed E-state index contributed by atoms with van der Waals surface area (Å²) in [5, 5.41) is 14.0. The number of hydrogen-bond acceptors (Lipinski definition) is 5. The van der Waals surface area contributed by atoms with Crippen molar-refractivity contribution < 1.29 is 19.5 Å². The molecule has 0 unspecified atom stereocenters. The molecule has 2 aliphatic carbocycles. The van der Waals surface area contributed by atoms with Crippen LogP contribution in [0.4, 0.5) is 5.69 Å². The molecule has 0 saturated heterocycles. The second-order valence-corrected chi connectivity index (χ2v) is 8.58. The Hall–Kier alpha value is -2.15. The molecule has 0 aromatic carbocycles. The Balaban J connectivity index is 1.91. The van der Waals surface area contributed by atoms with Crippen LogP contribution in [0.15, 0.2) is 17.3 Å². The zero-order chi connectivity index (χ0) is 20.8. The molecule has 1 aromatic rings. The molecule has 158 valence electrons. The van der Waals surface area contributed by atoms with Gasteiger partial charge in [-0.2, -0.15) is 0 Å². The highest BCUT2D eigenvalue weighted by atomic mass is 32.1. The molecular formula is C22H30N2O4S. The average molecular weight is 419 g/mol. The molecule has 1 N–H and O–H groups in total. The van der Waals surface area contributed by atoms with E-state index in [9.17, 15) is 14.7 Å². The second kappa shape index (κ2) is 10.1. The number of amides is 1. The number of thiophene rings is 1. The zero-order valence-corrected chi connectivity index (χ0v) is 18.1. The van der Waals surface area contributed by atoms with Crippen molar-refractivity contribution in [3.8, 4) is 0 Å². The molecule has 1 aromatic heterocycles. The minimum atomic E-state index is -0.962. The lowest BCUT2D eigenvalue weighted by Crippen LogP contribution is -2.43. The first kappa shape index (κ1) is 21.6. The van der Waals surface area contributed by atoms with E-state index < -0.39 is 5.97 Å². The number of carbonyl (C=O) groups excluding carboxylic acids is 1. The van der Waals surface area contributed by atoms with E-state index in [1.807, 2.05) is 19.9 Å². The third kappa shape index (κ3) is 5.07. The average Bonchev–Trinajstić information content (AvgIpc) is 3.19. The molecule has 7 heteroatoms. The molecule has 0 spiro atoms. The summed E-state index contributed by atoms with van der Waals surface area (Å²) in [6.07, 6.45) is 9.96. The zero-order valence-electron chi connectivity index (χ0n) is 17.3. The van der Waals surface area contributed by atoms with E-state index in [0.29, 0.717) is 18.7 Å². The van der Waals surface area contributed by atoms with Crippen LogP contribution < -0.4 is 4.90 Å². The summed E-state index contributed by atoms with van der Waals surface area (Å²) in [5.74, 6) is -0.986. The molecule has 1 amide bonds. The van der Waals surface area contributed by atoms with Crippen LogP contribution in [-0.2, 0) is 9.63 Å². The van der Waals surface area contributed by atoms with Crippen molar-refractivity contribution in [2.45, 2.75) is 77.7 Å². The Bertz CT molecular complexity index is 802. The van der Waals surface area contributed by atoms with E-state index in [-0.39, 0.29) is 16.8 Å². The van der Waals surface area contributed by atoms with Crippen LogP contribution in [0.1, 0.15) is 86.2 Å². The SMILES string of the molecule is CCON=C1CCC(N(C(=O)CC)c2cc(C3=CCCCC3)sc2C(=O)O)CC1. The van der Waals surface area contributed by atoms with Crippen molar-refractivity contribution in [3.05, 3.63) is 21.9 Å². The summed E-state index contributed by atoms with van der Waals surface area (Å²) in [7, 11) is 0. The number of nitrogens with zero attached hydrogens (tertiary/aromatic N) is 2. The Labute approximate surface area is 176 Å². The third-order valence-electron chi connectivity index (χ3n) is 5.57. The third-order valence-corrected chi connectivity index (χ3v) is 6.75. The van der Waals surface area contributed by atoms with E-state index in [2.05, 4.69) is 11.2 Å². The molecule has 1 fully saturated rings. The summed E-state index contributed by atoms with van der Waals surface area (Å²) in [4.78, 5) is 33.1. The van der Waals surface area contributed by atoms with Gasteiger partial charge in [0.2, 0.25) is 5.91 Å². The fourth-order valence-electron chi connectivity index (χ4n) is 4.08. The minimum absolute atomic E-state index is 0.0103. The maximum Gasteiger partial charge on any atom is 0.348 e. The van der Waals surface area contributed by atoms with Gasteiger partial charge in [-0.1, -0.05) is 18.2 Å². The highest BCUT2D eigenvalue weighted by Crippen LogP contribution is 2.40. The standard InChI is InChI=1S/C22H30N2O4S/c1-3-20(25)24(17-12-10-16(11-13-17)23-28-4-2)18-14-19(29-21(18)22(26)27)15-8-6-5-7-9-15/h8,14,17H,3-7,9-13H2,1-2H3,(H,26,27). The molecular weight excluding hydrogens is 388 g/mol. The van der Waals surface area contributed by atoms with Gasteiger partial charge in [0.15, 0.2) is 0 Å². The number of allylic oxidation sites excluding steroid dienone is 2. The number of oxime groups is 1. The molecule has 0 radical (unpaired) electrons. The molecule has 0 bridgehead atoms. The quantitative estimate of drug-likeness (QED) is 0.595. The van der Waals surface area contributed by atoms with Crippen molar-refractivity contribution in [3.63, 3.8) is 0 Å².